The van der Waals surface area contributed by atoms with Crippen LogP contribution in [0, 0.1) is 0 Å². The SMILES string of the molecule is CCN(CC)c1ccc(NC(=O)/C=C/c2ccccc2)cn1. The van der Waals surface area contributed by atoms with Crippen molar-refractivity contribution in [2.45, 2.75) is 13.8 Å². The number of nitrogens with one attached hydrogen (secondary N) is 1. The van der Waals surface area contributed by atoms with Crippen molar-refractivity contribution in [2.24, 2.45) is 0 Å². The minimum atomic E-state index is -0.166. The minimum Gasteiger partial charge on any atom is -0.357 e. The molecule has 0 unspecified atom stereocenters. The van der Waals surface area contributed by atoms with Gasteiger partial charge in [-0.3, -0.25) is 4.79 Å². The Morgan fingerprint density at radius 3 is 2.45 bits per heavy atom. The molecule has 0 radical (unpaired) electrons. The van der Waals surface area contributed by atoms with Crippen LogP contribution in [0.2, 0.25) is 0 Å². The standard InChI is InChI=1S/C18H21N3O/c1-3-21(4-2)17-12-11-16(14-19-17)20-18(22)13-10-15-8-6-5-7-9-15/h5-14H,3-4H2,1-2H3,(H,20,22)/b13-10+. The summed E-state index contributed by atoms with van der Waals surface area (Å²) in [7, 11) is 0. The normalized spacial score (nSPS) is 10.6. The highest BCUT2D eigenvalue weighted by Crippen LogP contribution is 2.14. The van der Waals surface area contributed by atoms with Gasteiger partial charge in [-0.25, -0.2) is 4.98 Å². The molecule has 0 aliphatic carbocycles. The molecule has 0 saturated heterocycles. The van der Waals surface area contributed by atoms with Gasteiger partial charge in [0.15, 0.2) is 0 Å². The predicted molar refractivity (Wildman–Crippen MR) is 91.9 cm³/mol. The van der Waals surface area contributed by atoms with Crippen molar-refractivity contribution in [3.8, 4) is 0 Å². The zero-order valence-electron chi connectivity index (χ0n) is 13.0. The first-order chi connectivity index (χ1) is 10.7. The fourth-order valence-corrected chi connectivity index (χ4v) is 2.11. The molecule has 1 heterocycles. The van der Waals surface area contributed by atoms with Crippen molar-refractivity contribution < 1.29 is 4.79 Å². The van der Waals surface area contributed by atoms with E-state index in [1.54, 1.807) is 12.3 Å². The molecule has 0 atom stereocenters. The molecule has 1 aromatic heterocycles. The van der Waals surface area contributed by atoms with Gasteiger partial charge in [0.1, 0.15) is 5.82 Å². The number of pyridine rings is 1. The minimum absolute atomic E-state index is 0.166. The van der Waals surface area contributed by atoms with Crippen LogP contribution in [-0.4, -0.2) is 24.0 Å². The molecule has 0 aliphatic heterocycles. The van der Waals surface area contributed by atoms with Crippen LogP contribution in [0.15, 0.2) is 54.7 Å². The molecular weight excluding hydrogens is 274 g/mol. The summed E-state index contributed by atoms with van der Waals surface area (Å²) in [6.45, 7) is 6.01. The van der Waals surface area contributed by atoms with Crippen LogP contribution in [0.25, 0.3) is 6.08 Å². The van der Waals surface area contributed by atoms with Gasteiger partial charge < -0.3 is 10.2 Å². The summed E-state index contributed by atoms with van der Waals surface area (Å²) in [6, 6.07) is 13.5. The number of rotatable bonds is 6. The Bertz CT molecular complexity index is 617. The number of carbonyl (C=O) groups is 1. The molecule has 0 spiro atoms. The summed E-state index contributed by atoms with van der Waals surface area (Å²) in [4.78, 5) is 18.4. The van der Waals surface area contributed by atoms with Gasteiger partial charge in [-0.05, 0) is 37.6 Å². The molecule has 2 aromatic rings. The molecule has 22 heavy (non-hydrogen) atoms. The summed E-state index contributed by atoms with van der Waals surface area (Å²) >= 11 is 0. The molecule has 0 fully saturated rings. The summed E-state index contributed by atoms with van der Waals surface area (Å²) in [5.41, 5.74) is 1.69. The Balaban J connectivity index is 1.96. The Morgan fingerprint density at radius 1 is 1.14 bits per heavy atom. The first-order valence-electron chi connectivity index (χ1n) is 7.48. The Kier molecular flexibility index (Phi) is 5.72. The lowest BCUT2D eigenvalue weighted by molar-refractivity contribution is -0.111. The molecule has 0 saturated carbocycles. The van der Waals surface area contributed by atoms with Crippen LogP contribution in [-0.2, 0) is 4.79 Å². The van der Waals surface area contributed by atoms with Crippen molar-refractivity contribution in [1.29, 1.82) is 0 Å². The van der Waals surface area contributed by atoms with Gasteiger partial charge in [0.2, 0.25) is 5.91 Å². The fourth-order valence-electron chi connectivity index (χ4n) is 2.11. The second-order valence-corrected chi connectivity index (χ2v) is 4.81. The van der Waals surface area contributed by atoms with Crippen LogP contribution in [0.3, 0.4) is 0 Å². The maximum absolute atomic E-state index is 11.9. The second-order valence-electron chi connectivity index (χ2n) is 4.81. The highest BCUT2D eigenvalue weighted by Gasteiger charge is 2.04. The summed E-state index contributed by atoms with van der Waals surface area (Å²) in [5, 5.41) is 2.81. The highest BCUT2D eigenvalue weighted by molar-refractivity contribution is 6.01. The predicted octanol–water partition coefficient (Wildman–Crippen LogP) is 3.58. The van der Waals surface area contributed by atoms with Gasteiger partial charge in [0, 0.05) is 19.2 Å². The van der Waals surface area contributed by atoms with E-state index in [9.17, 15) is 4.79 Å². The molecule has 0 bridgehead atoms. The zero-order valence-corrected chi connectivity index (χ0v) is 13.0. The molecule has 0 aliphatic rings. The second kappa shape index (κ2) is 7.98. The number of amides is 1. The van der Waals surface area contributed by atoms with E-state index in [4.69, 9.17) is 0 Å². The molecule has 1 amide bonds. The molecule has 4 nitrogen and oxygen atoms in total. The number of nitrogens with zero attached hydrogens (tertiary/aromatic N) is 2. The van der Waals surface area contributed by atoms with E-state index in [2.05, 4.69) is 29.0 Å². The van der Waals surface area contributed by atoms with E-state index in [1.165, 1.54) is 6.08 Å². The molecule has 1 N–H and O–H groups in total. The third-order valence-electron chi connectivity index (χ3n) is 3.33. The number of carbonyl (C=O) groups excluding carboxylic acids is 1. The van der Waals surface area contributed by atoms with Crippen molar-refractivity contribution in [3.05, 3.63) is 60.3 Å². The fraction of sp³-hybridized carbons (Fsp3) is 0.222. The van der Waals surface area contributed by atoms with Gasteiger partial charge in [0.05, 0.1) is 11.9 Å². The van der Waals surface area contributed by atoms with E-state index in [1.807, 2.05) is 42.5 Å². The Hall–Kier alpha value is -2.62. The summed E-state index contributed by atoms with van der Waals surface area (Å²) in [6.07, 6.45) is 4.99. The van der Waals surface area contributed by atoms with Gasteiger partial charge in [-0.2, -0.15) is 0 Å². The zero-order chi connectivity index (χ0) is 15.8. The van der Waals surface area contributed by atoms with Crippen LogP contribution in [0.5, 0.6) is 0 Å². The quantitative estimate of drug-likeness (QED) is 0.829. The average molecular weight is 295 g/mol. The van der Waals surface area contributed by atoms with Crippen molar-refractivity contribution in [2.75, 3.05) is 23.3 Å². The third-order valence-corrected chi connectivity index (χ3v) is 3.33. The lowest BCUT2D eigenvalue weighted by atomic mass is 10.2. The average Bonchev–Trinajstić information content (AvgIpc) is 2.56. The van der Waals surface area contributed by atoms with Crippen LogP contribution >= 0.6 is 0 Å². The van der Waals surface area contributed by atoms with Gasteiger partial charge in [-0.1, -0.05) is 30.3 Å². The first-order valence-corrected chi connectivity index (χ1v) is 7.48. The van der Waals surface area contributed by atoms with E-state index < -0.39 is 0 Å². The topological polar surface area (TPSA) is 45.2 Å². The van der Waals surface area contributed by atoms with Gasteiger partial charge in [0.25, 0.3) is 0 Å². The number of anilines is 2. The smallest absolute Gasteiger partial charge is 0.248 e. The van der Waals surface area contributed by atoms with Gasteiger partial charge in [-0.15, -0.1) is 0 Å². The molecule has 2 rings (SSSR count). The molecular formula is C18H21N3O. The Labute approximate surface area is 131 Å². The van der Waals surface area contributed by atoms with Crippen molar-refractivity contribution >= 4 is 23.5 Å². The largest absolute Gasteiger partial charge is 0.357 e. The summed E-state index contributed by atoms with van der Waals surface area (Å²) in [5.74, 6) is 0.754. The van der Waals surface area contributed by atoms with E-state index in [0.29, 0.717) is 5.69 Å². The molecule has 4 heteroatoms. The van der Waals surface area contributed by atoms with Crippen molar-refractivity contribution in [1.82, 2.24) is 4.98 Å². The summed E-state index contributed by atoms with van der Waals surface area (Å²) < 4.78 is 0. The molecule has 1 aromatic carbocycles. The third kappa shape index (κ3) is 4.45. The van der Waals surface area contributed by atoms with Crippen LogP contribution in [0.4, 0.5) is 11.5 Å². The lowest BCUT2D eigenvalue weighted by Gasteiger charge is -2.19. The van der Waals surface area contributed by atoms with E-state index >= 15 is 0 Å². The first kappa shape index (κ1) is 15.8. The van der Waals surface area contributed by atoms with Gasteiger partial charge >= 0.3 is 0 Å². The van der Waals surface area contributed by atoms with Crippen LogP contribution in [0.1, 0.15) is 19.4 Å². The van der Waals surface area contributed by atoms with E-state index in [-0.39, 0.29) is 5.91 Å². The number of hydrogen-bond acceptors (Lipinski definition) is 3. The number of hydrogen-bond donors (Lipinski definition) is 1. The van der Waals surface area contributed by atoms with Crippen molar-refractivity contribution in [3.63, 3.8) is 0 Å². The van der Waals surface area contributed by atoms with E-state index in [0.717, 1.165) is 24.5 Å². The highest BCUT2D eigenvalue weighted by atomic mass is 16.1. The maximum atomic E-state index is 11.9. The Morgan fingerprint density at radius 2 is 1.86 bits per heavy atom. The number of aromatic nitrogens is 1. The maximum Gasteiger partial charge on any atom is 0.248 e. The monoisotopic (exact) mass is 295 g/mol. The lowest BCUT2D eigenvalue weighted by Crippen LogP contribution is -2.22. The van der Waals surface area contributed by atoms with Crippen LogP contribution < -0.4 is 10.2 Å². The number of benzene rings is 1. The molecule has 114 valence electrons.